The van der Waals surface area contributed by atoms with E-state index in [4.69, 9.17) is 0 Å². The van der Waals surface area contributed by atoms with Crippen LogP contribution in [-0.2, 0) is 0 Å². The Bertz CT molecular complexity index is 852. The summed E-state index contributed by atoms with van der Waals surface area (Å²) < 4.78 is 0. The lowest BCUT2D eigenvalue weighted by Crippen LogP contribution is -2.43. The van der Waals surface area contributed by atoms with Crippen LogP contribution in [0.4, 0.5) is 0 Å². The summed E-state index contributed by atoms with van der Waals surface area (Å²) in [5, 5.41) is 19.9. The van der Waals surface area contributed by atoms with Crippen LogP contribution in [-0.4, -0.2) is 37.3 Å². The molecule has 0 spiro atoms. The molecule has 1 aromatic heterocycles. The summed E-state index contributed by atoms with van der Waals surface area (Å²) in [6, 6.07) is 15.5. The smallest absolute Gasteiger partial charge is 0.232 e. The van der Waals surface area contributed by atoms with Crippen LogP contribution in [0.2, 0.25) is 0 Å². The van der Waals surface area contributed by atoms with Gasteiger partial charge in [-0.2, -0.15) is 4.99 Å². The average Bonchev–Trinajstić information content (AvgIpc) is 2.62. The first kappa shape index (κ1) is 15.7. The number of nitrogens with zero attached hydrogens (tertiary/aromatic N) is 4. The molecule has 2 aromatic rings. The molecular formula is C18H16N4O2S. The number of thioether (sulfide) groups is 1. The Balaban J connectivity index is 1.71. The van der Waals surface area contributed by atoms with Crippen molar-refractivity contribution < 1.29 is 10.2 Å². The Morgan fingerprint density at radius 2 is 1.84 bits per heavy atom. The lowest BCUT2D eigenvalue weighted by Gasteiger charge is -2.37. The maximum Gasteiger partial charge on any atom is 0.232 e. The Morgan fingerprint density at radius 1 is 1.04 bits per heavy atom. The molecule has 2 atom stereocenters. The number of pyridine rings is 1. The Morgan fingerprint density at radius 3 is 2.60 bits per heavy atom. The van der Waals surface area contributed by atoms with Gasteiger partial charge in [0.15, 0.2) is 5.88 Å². The van der Waals surface area contributed by atoms with Crippen LogP contribution in [0.25, 0.3) is 0 Å². The van der Waals surface area contributed by atoms with E-state index in [-0.39, 0.29) is 23.2 Å². The molecule has 0 saturated carbocycles. The highest BCUT2D eigenvalue weighted by molar-refractivity contribution is 7.99. The van der Waals surface area contributed by atoms with Crippen molar-refractivity contribution in [2.45, 2.75) is 22.7 Å². The predicted molar refractivity (Wildman–Crippen MR) is 97.7 cm³/mol. The summed E-state index contributed by atoms with van der Waals surface area (Å²) in [5.74, 6) is -0.00961. The second-order valence-corrected chi connectivity index (χ2v) is 6.91. The fourth-order valence-corrected chi connectivity index (χ4v) is 4.06. The molecule has 0 aliphatic carbocycles. The van der Waals surface area contributed by atoms with Crippen molar-refractivity contribution in [3.63, 3.8) is 0 Å². The molecule has 0 bridgehead atoms. The van der Waals surface area contributed by atoms with Crippen molar-refractivity contribution in [3.8, 4) is 0 Å². The van der Waals surface area contributed by atoms with Crippen LogP contribution in [0.5, 0.6) is 0 Å². The third-order valence-electron chi connectivity index (χ3n) is 3.96. The second kappa shape index (κ2) is 6.60. The molecule has 126 valence electrons. The van der Waals surface area contributed by atoms with E-state index in [1.54, 1.807) is 22.9 Å². The first-order valence-electron chi connectivity index (χ1n) is 7.89. The first-order chi connectivity index (χ1) is 12.2. The Labute approximate surface area is 149 Å². The van der Waals surface area contributed by atoms with Crippen molar-refractivity contribution in [1.29, 1.82) is 0 Å². The number of fused-ring (bicyclic) bond motifs is 1. The predicted octanol–water partition coefficient (Wildman–Crippen LogP) is 3.67. The van der Waals surface area contributed by atoms with Gasteiger partial charge in [-0.05, 0) is 24.3 Å². The number of aliphatic imine (C=N–C) groups is 2. The topological polar surface area (TPSA) is 81.3 Å². The van der Waals surface area contributed by atoms with Crippen LogP contribution < -0.4 is 0 Å². The maximum atomic E-state index is 10.3. The Hall–Kier alpha value is -2.80. The maximum absolute atomic E-state index is 10.3. The van der Waals surface area contributed by atoms with Crippen molar-refractivity contribution in [2.75, 3.05) is 0 Å². The third kappa shape index (κ3) is 3.23. The molecule has 7 heteroatoms. The number of aliphatic hydroxyl groups is 2. The lowest BCUT2D eigenvalue weighted by atomic mass is 10.1. The van der Waals surface area contributed by atoms with E-state index >= 15 is 0 Å². The normalized spacial score (nSPS) is 22.6. The van der Waals surface area contributed by atoms with Gasteiger partial charge in [0.05, 0.1) is 23.2 Å². The van der Waals surface area contributed by atoms with E-state index in [0.29, 0.717) is 12.4 Å². The molecule has 2 N–H and O–H groups in total. The number of rotatable bonds is 3. The van der Waals surface area contributed by atoms with E-state index in [9.17, 15) is 10.2 Å². The largest absolute Gasteiger partial charge is 0.494 e. The van der Waals surface area contributed by atoms with E-state index in [0.717, 1.165) is 10.6 Å². The zero-order chi connectivity index (χ0) is 17.2. The second-order valence-electron chi connectivity index (χ2n) is 5.66. The van der Waals surface area contributed by atoms with Crippen molar-refractivity contribution in [1.82, 2.24) is 9.88 Å². The quantitative estimate of drug-likeness (QED) is 0.881. The minimum atomic E-state index is -0.252. The molecule has 0 amide bonds. The molecule has 2 aliphatic rings. The average molecular weight is 352 g/mol. The molecular weight excluding hydrogens is 336 g/mol. The highest BCUT2D eigenvalue weighted by Crippen LogP contribution is 2.39. The van der Waals surface area contributed by atoms with Crippen LogP contribution in [0.3, 0.4) is 0 Å². The summed E-state index contributed by atoms with van der Waals surface area (Å²) in [5.41, 5.74) is 0.844. The summed E-state index contributed by atoms with van der Waals surface area (Å²) in [7, 11) is 0. The van der Waals surface area contributed by atoms with Crippen molar-refractivity contribution in [3.05, 3.63) is 72.4 Å². The SMILES string of the molecule is OC1=CC(O)=NC2=NC(c3ccccn3)CC(Sc3ccccc3)N12. The van der Waals surface area contributed by atoms with Gasteiger partial charge in [0.1, 0.15) is 0 Å². The van der Waals surface area contributed by atoms with Crippen LogP contribution in [0.15, 0.2) is 81.6 Å². The summed E-state index contributed by atoms with van der Waals surface area (Å²) in [4.78, 5) is 15.8. The fraction of sp³-hybridized carbons (Fsp3) is 0.167. The monoisotopic (exact) mass is 352 g/mol. The summed E-state index contributed by atoms with van der Waals surface area (Å²) in [6.07, 6.45) is 3.63. The van der Waals surface area contributed by atoms with Gasteiger partial charge in [-0.3, -0.25) is 9.88 Å². The molecule has 0 radical (unpaired) electrons. The zero-order valence-electron chi connectivity index (χ0n) is 13.2. The number of hydrogen-bond acceptors (Lipinski definition) is 6. The summed E-state index contributed by atoms with van der Waals surface area (Å²) in [6.45, 7) is 0. The number of aromatic nitrogens is 1. The number of benzene rings is 1. The van der Waals surface area contributed by atoms with Gasteiger partial charge in [-0.25, -0.2) is 4.99 Å². The van der Waals surface area contributed by atoms with Crippen molar-refractivity contribution >= 4 is 23.6 Å². The minimum Gasteiger partial charge on any atom is -0.494 e. The van der Waals surface area contributed by atoms with Crippen molar-refractivity contribution in [2.24, 2.45) is 9.98 Å². The van der Waals surface area contributed by atoms with Crippen LogP contribution in [0.1, 0.15) is 18.2 Å². The standard InChI is InChI=1S/C18H16N4O2S/c23-15-11-16(24)22-17(25-12-6-2-1-3-7-12)10-14(20-18(22)21-15)13-8-4-5-9-19-13/h1-9,11,14,17,24H,10H2,(H,20,21,23). The van der Waals surface area contributed by atoms with Crippen LogP contribution >= 0.6 is 11.8 Å². The Kier molecular flexibility index (Phi) is 4.15. The minimum absolute atomic E-state index is 0.0563. The fourth-order valence-electron chi connectivity index (χ4n) is 2.85. The first-order valence-corrected chi connectivity index (χ1v) is 8.76. The lowest BCUT2D eigenvalue weighted by molar-refractivity contribution is 0.239. The van der Waals surface area contributed by atoms with Crippen LogP contribution in [0, 0.1) is 0 Å². The molecule has 3 heterocycles. The third-order valence-corrected chi connectivity index (χ3v) is 5.18. The molecule has 2 unspecified atom stereocenters. The molecule has 2 aliphatic heterocycles. The highest BCUT2D eigenvalue weighted by atomic mass is 32.2. The molecule has 4 rings (SSSR count). The van der Waals surface area contributed by atoms with E-state index < -0.39 is 0 Å². The van der Waals surface area contributed by atoms with Gasteiger partial charge in [0.25, 0.3) is 0 Å². The van der Waals surface area contributed by atoms with Gasteiger partial charge in [-0.15, -0.1) is 11.8 Å². The van der Waals surface area contributed by atoms with E-state index in [1.807, 2.05) is 48.5 Å². The molecule has 0 saturated heterocycles. The number of guanidine groups is 1. The molecule has 25 heavy (non-hydrogen) atoms. The highest BCUT2D eigenvalue weighted by Gasteiger charge is 2.36. The van der Waals surface area contributed by atoms with Gasteiger partial charge in [0, 0.05) is 17.5 Å². The van der Waals surface area contributed by atoms with Gasteiger partial charge >= 0.3 is 0 Å². The van der Waals surface area contributed by atoms with Gasteiger partial charge in [0.2, 0.25) is 11.9 Å². The number of aliphatic hydroxyl groups excluding tert-OH is 2. The van der Waals surface area contributed by atoms with E-state index in [1.165, 1.54) is 6.08 Å². The summed E-state index contributed by atoms with van der Waals surface area (Å²) >= 11 is 1.62. The van der Waals surface area contributed by atoms with Gasteiger partial charge < -0.3 is 10.2 Å². The molecule has 0 fully saturated rings. The zero-order valence-corrected chi connectivity index (χ0v) is 14.0. The molecule has 1 aromatic carbocycles. The van der Waals surface area contributed by atoms with E-state index in [2.05, 4.69) is 15.0 Å². The molecule has 6 nitrogen and oxygen atoms in total. The van der Waals surface area contributed by atoms with Gasteiger partial charge in [-0.1, -0.05) is 24.3 Å². The number of hydrogen-bond donors (Lipinski definition) is 2.